The molecule has 1 aromatic heterocycles. The van der Waals surface area contributed by atoms with Crippen molar-refractivity contribution in [1.29, 1.82) is 0 Å². The lowest BCUT2D eigenvalue weighted by Crippen LogP contribution is -2.41. The minimum atomic E-state index is 0.615. The first kappa shape index (κ1) is 13.3. The zero-order valence-electron chi connectivity index (χ0n) is 11.7. The maximum Gasteiger partial charge on any atom is 0.132 e. The smallest absolute Gasteiger partial charge is 0.132 e. The molecule has 0 bridgehead atoms. The molecule has 0 aromatic carbocycles. The number of aryl methyl sites for hydroxylation is 1. The van der Waals surface area contributed by atoms with E-state index in [1.54, 1.807) is 6.33 Å². The Kier molecular flexibility index (Phi) is 4.53. The van der Waals surface area contributed by atoms with Gasteiger partial charge in [0.05, 0.1) is 0 Å². The number of hydrogen-bond donors (Lipinski definition) is 1. The quantitative estimate of drug-likeness (QED) is 0.883. The zero-order chi connectivity index (χ0) is 13.0. The van der Waals surface area contributed by atoms with Crippen molar-refractivity contribution in [3.63, 3.8) is 0 Å². The molecule has 0 spiro atoms. The van der Waals surface area contributed by atoms with Gasteiger partial charge in [0.1, 0.15) is 12.1 Å². The van der Waals surface area contributed by atoms with Gasteiger partial charge in [-0.1, -0.05) is 6.92 Å². The summed E-state index contributed by atoms with van der Waals surface area (Å²) in [5.74, 6) is 1.89. The zero-order valence-corrected chi connectivity index (χ0v) is 11.7. The topological polar surface area (TPSA) is 41.0 Å². The molecule has 18 heavy (non-hydrogen) atoms. The maximum atomic E-state index is 4.40. The van der Waals surface area contributed by atoms with Crippen LogP contribution in [0.1, 0.15) is 32.4 Å². The van der Waals surface area contributed by atoms with Gasteiger partial charge in [-0.3, -0.25) is 0 Å². The summed E-state index contributed by atoms with van der Waals surface area (Å²) in [6.45, 7) is 6.63. The molecular weight excluding hydrogens is 224 g/mol. The summed E-state index contributed by atoms with van der Waals surface area (Å²) in [4.78, 5) is 11.1. The minimum absolute atomic E-state index is 0.615. The molecule has 1 saturated heterocycles. The second-order valence-corrected chi connectivity index (χ2v) is 5.12. The van der Waals surface area contributed by atoms with Crippen LogP contribution in [0, 0.1) is 5.92 Å². The summed E-state index contributed by atoms with van der Waals surface area (Å²) in [5.41, 5.74) is 1.13. The third-order valence-electron chi connectivity index (χ3n) is 4.10. The van der Waals surface area contributed by atoms with Crippen molar-refractivity contribution in [3.8, 4) is 0 Å². The highest BCUT2D eigenvalue weighted by atomic mass is 15.2. The highest BCUT2D eigenvalue weighted by Gasteiger charge is 2.23. The monoisotopic (exact) mass is 248 g/mol. The van der Waals surface area contributed by atoms with Crippen LogP contribution in [0.15, 0.2) is 12.4 Å². The fourth-order valence-electron chi connectivity index (χ4n) is 2.62. The van der Waals surface area contributed by atoms with E-state index in [0.29, 0.717) is 6.04 Å². The molecule has 1 unspecified atom stereocenters. The summed E-state index contributed by atoms with van der Waals surface area (Å²) in [6, 6.07) is 2.74. The molecule has 1 aliphatic rings. The van der Waals surface area contributed by atoms with Crippen molar-refractivity contribution in [2.45, 2.75) is 39.2 Å². The Morgan fingerprint density at radius 3 is 2.72 bits per heavy atom. The van der Waals surface area contributed by atoms with Crippen LogP contribution in [0.2, 0.25) is 0 Å². The van der Waals surface area contributed by atoms with Gasteiger partial charge in [0.2, 0.25) is 0 Å². The Morgan fingerprint density at radius 1 is 1.39 bits per heavy atom. The molecule has 0 radical (unpaired) electrons. The molecule has 1 aliphatic heterocycles. The van der Waals surface area contributed by atoms with E-state index >= 15 is 0 Å². The van der Waals surface area contributed by atoms with Crippen molar-refractivity contribution < 1.29 is 0 Å². The third-order valence-corrected chi connectivity index (χ3v) is 4.10. The van der Waals surface area contributed by atoms with Crippen LogP contribution in [0.4, 0.5) is 5.82 Å². The van der Waals surface area contributed by atoms with Crippen molar-refractivity contribution in [1.82, 2.24) is 15.3 Å². The van der Waals surface area contributed by atoms with Crippen molar-refractivity contribution in [2.75, 3.05) is 25.0 Å². The number of aromatic nitrogens is 2. The summed E-state index contributed by atoms with van der Waals surface area (Å²) < 4.78 is 0. The van der Waals surface area contributed by atoms with Crippen LogP contribution in [0.25, 0.3) is 0 Å². The highest BCUT2D eigenvalue weighted by molar-refractivity contribution is 5.39. The summed E-state index contributed by atoms with van der Waals surface area (Å²) in [7, 11) is 2.05. The Bertz CT molecular complexity index is 372. The maximum absolute atomic E-state index is 4.40. The fraction of sp³-hybridized carbons (Fsp3) is 0.714. The van der Waals surface area contributed by atoms with Crippen LogP contribution in [0.5, 0.6) is 0 Å². The molecule has 1 aromatic rings. The van der Waals surface area contributed by atoms with Crippen molar-refractivity contribution in [2.24, 2.45) is 5.92 Å². The third kappa shape index (κ3) is 2.99. The number of anilines is 1. The molecule has 0 amide bonds. The predicted molar refractivity (Wildman–Crippen MR) is 74.9 cm³/mol. The first-order chi connectivity index (χ1) is 8.74. The average Bonchev–Trinajstić information content (AvgIpc) is 2.46. The lowest BCUT2D eigenvalue weighted by atomic mass is 9.90. The second-order valence-electron chi connectivity index (χ2n) is 5.12. The Hall–Kier alpha value is -1.16. The first-order valence-corrected chi connectivity index (χ1v) is 6.97. The molecule has 4 nitrogen and oxygen atoms in total. The molecule has 1 N–H and O–H groups in total. The number of piperidine rings is 1. The predicted octanol–water partition coefficient (Wildman–Crippen LogP) is 1.86. The van der Waals surface area contributed by atoms with E-state index in [0.717, 1.165) is 36.9 Å². The molecule has 2 rings (SSSR count). The number of rotatable bonds is 4. The minimum Gasteiger partial charge on any atom is -0.356 e. The molecule has 2 heterocycles. The van der Waals surface area contributed by atoms with E-state index < -0.39 is 0 Å². The molecule has 0 aliphatic carbocycles. The highest BCUT2D eigenvalue weighted by Crippen LogP contribution is 2.24. The van der Waals surface area contributed by atoms with Gasteiger partial charge in [-0.2, -0.15) is 0 Å². The van der Waals surface area contributed by atoms with Gasteiger partial charge in [-0.15, -0.1) is 0 Å². The van der Waals surface area contributed by atoms with E-state index in [2.05, 4.69) is 47.1 Å². The molecule has 1 atom stereocenters. The van der Waals surface area contributed by atoms with Crippen molar-refractivity contribution in [3.05, 3.63) is 18.1 Å². The molecule has 1 fully saturated rings. The summed E-state index contributed by atoms with van der Waals surface area (Å²) in [6.07, 6.45) is 5.15. The van der Waals surface area contributed by atoms with Gasteiger partial charge in [0.15, 0.2) is 0 Å². The van der Waals surface area contributed by atoms with Gasteiger partial charge in [0, 0.05) is 30.9 Å². The summed E-state index contributed by atoms with van der Waals surface area (Å²) in [5, 5.41) is 3.36. The van der Waals surface area contributed by atoms with E-state index in [1.807, 2.05) is 0 Å². The van der Waals surface area contributed by atoms with E-state index in [1.165, 1.54) is 12.8 Å². The van der Waals surface area contributed by atoms with Gasteiger partial charge in [-0.25, -0.2) is 9.97 Å². The number of nitrogens with one attached hydrogen (secondary N) is 1. The number of nitrogens with zero attached hydrogens (tertiary/aromatic N) is 3. The van der Waals surface area contributed by atoms with Crippen LogP contribution >= 0.6 is 0 Å². The first-order valence-electron chi connectivity index (χ1n) is 6.97. The molecular formula is C14H24N4. The lowest BCUT2D eigenvalue weighted by Gasteiger charge is -2.35. The van der Waals surface area contributed by atoms with Gasteiger partial charge < -0.3 is 10.2 Å². The van der Waals surface area contributed by atoms with Crippen LogP contribution in [0.3, 0.4) is 0 Å². The fourth-order valence-corrected chi connectivity index (χ4v) is 2.62. The van der Waals surface area contributed by atoms with Gasteiger partial charge in [0.25, 0.3) is 0 Å². The van der Waals surface area contributed by atoms with Crippen LogP contribution < -0.4 is 10.2 Å². The second kappa shape index (κ2) is 6.14. The normalized spacial score (nSPS) is 18.9. The Morgan fingerprint density at radius 2 is 2.11 bits per heavy atom. The van der Waals surface area contributed by atoms with E-state index in [-0.39, 0.29) is 0 Å². The van der Waals surface area contributed by atoms with Gasteiger partial charge >= 0.3 is 0 Å². The largest absolute Gasteiger partial charge is 0.356 e. The van der Waals surface area contributed by atoms with Crippen molar-refractivity contribution >= 4 is 5.82 Å². The Labute approximate surface area is 110 Å². The molecule has 4 heteroatoms. The average molecular weight is 248 g/mol. The van der Waals surface area contributed by atoms with E-state index in [4.69, 9.17) is 0 Å². The van der Waals surface area contributed by atoms with Gasteiger partial charge in [-0.05, 0) is 39.2 Å². The summed E-state index contributed by atoms with van der Waals surface area (Å²) >= 11 is 0. The SMILES string of the molecule is CCc1cc(N2CCC(C(C)NC)CC2)ncn1. The lowest BCUT2D eigenvalue weighted by molar-refractivity contribution is 0.323. The van der Waals surface area contributed by atoms with Crippen LogP contribution in [-0.4, -0.2) is 36.1 Å². The van der Waals surface area contributed by atoms with E-state index in [9.17, 15) is 0 Å². The Balaban J connectivity index is 1.96. The molecule has 0 saturated carbocycles. The van der Waals surface area contributed by atoms with Crippen LogP contribution in [-0.2, 0) is 6.42 Å². The number of hydrogen-bond acceptors (Lipinski definition) is 4. The molecule has 100 valence electrons. The standard InChI is InChI=1S/C14H24N4/c1-4-13-9-14(17-10-16-13)18-7-5-12(6-8-18)11(2)15-3/h9-12,15H,4-8H2,1-3H3.